The Labute approximate surface area is 149 Å². The Bertz CT molecular complexity index is 833. The van der Waals surface area contributed by atoms with Crippen LogP contribution in [-0.2, 0) is 16.6 Å². The van der Waals surface area contributed by atoms with Gasteiger partial charge in [0.2, 0.25) is 10.0 Å². The highest BCUT2D eigenvalue weighted by molar-refractivity contribution is 7.89. The van der Waals surface area contributed by atoms with Crippen LogP contribution in [0, 0.1) is 6.92 Å². The molecule has 0 aliphatic carbocycles. The lowest BCUT2D eigenvalue weighted by Gasteiger charge is -2.37. The van der Waals surface area contributed by atoms with Gasteiger partial charge in [-0.25, -0.2) is 12.8 Å². The van der Waals surface area contributed by atoms with Crippen LogP contribution in [-0.4, -0.2) is 19.0 Å². The smallest absolute Gasteiger partial charge is 0.228 e. The Morgan fingerprint density at radius 2 is 1.80 bits per heavy atom. The number of aryl methyl sites for hydroxylation is 1. The first-order valence-corrected chi connectivity index (χ1v) is 10.2. The molecule has 0 spiro atoms. The first-order chi connectivity index (χ1) is 11.9. The molecule has 3 rings (SSSR count). The predicted octanol–water partition coefficient (Wildman–Crippen LogP) is 4.77. The Morgan fingerprint density at radius 1 is 1.12 bits per heavy atom. The van der Waals surface area contributed by atoms with Crippen molar-refractivity contribution in [3.05, 3.63) is 65.2 Å². The minimum Gasteiger partial charge on any atom is -0.228 e. The van der Waals surface area contributed by atoms with E-state index >= 15 is 4.39 Å². The normalized spacial score (nSPS) is 21.1. The molecule has 1 aliphatic rings. The van der Waals surface area contributed by atoms with Crippen molar-refractivity contribution in [3.63, 3.8) is 0 Å². The molecule has 0 fully saturated rings. The zero-order chi connectivity index (χ0) is 18.0. The molecule has 5 heteroatoms. The van der Waals surface area contributed by atoms with E-state index in [1.165, 1.54) is 0 Å². The summed E-state index contributed by atoms with van der Waals surface area (Å²) in [4.78, 5) is 0.148. The average molecular weight is 361 g/mol. The molecular formula is C20H24FNO2S. The fourth-order valence-corrected chi connectivity index (χ4v) is 4.90. The lowest BCUT2D eigenvalue weighted by Crippen LogP contribution is -2.44. The number of sulfonamides is 1. The third-order valence-electron chi connectivity index (χ3n) is 4.88. The summed E-state index contributed by atoms with van der Waals surface area (Å²) in [5.41, 5.74) is 2.81. The van der Waals surface area contributed by atoms with Crippen LogP contribution in [0.5, 0.6) is 0 Å². The predicted molar refractivity (Wildman–Crippen MR) is 97.5 cm³/mol. The van der Waals surface area contributed by atoms with Crippen molar-refractivity contribution in [2.24, 2.45) is 0 Å². The number of hydrogen-bond acceptors (Lipinski definition) is 2. The summed E-state index contributed by atoms with van der Waals surface area (Å²) in [5, 5.41) is 0. The Morgan fingerprint density at radius 3 is 2.48 bits per heavy atom. The van der Waals surface area contributed by atoms with Gasteiger partial charge in [-0.05, 0) is 36.6 Å². The quantitative estimate of drug-likeness (QED) is 0.720. The van der Waals surface area contributed by atoms with E-state index in [1.54, 1.807) is 24.3 Å². The monoisotopic (exact) mass is 361 g/mol. The van der Waals surface area contributed by atoms with E-state index in [9.17, 15) is 8.42 Å². The van der Waals surface area contributed by atoms with Crippen LogP contribution in [0.1, 0.15) is 48.8 Å². The summed E-state index contributed by atoms with van der Waals surface area (Å²) >= 11 is 0. The van der Waals surface area contributed by atoms with Gasteiger partial charge < -0.3 is 0 Å². The molecule has 0 radical (unpaired) electrons. The summed E-state index contributed by atoms with van der Waals surface area (Å²) in [5.74, 6) is -0.412. The van der Waals surface area contributed by atoms with Crippen LogP contribution >= 0.6 is 0 Å². The van der Waals surface area contributed by atoms with E-state index in [0.717, 1.165) is 33.8 Å². The Hall–Kier alpha value is -1.72. The maximum Gasteiger partial charge on any atom is 0.245 e. The first kappa shape index (κ1) is 18.1. The molecule has 2 unspecified atom stereocenters. The number of unbranched alkanes of at least 4 members (excludes halogenated alkanes) is 1. The molecule has 0 bridgehead atoms. The van der Waals surface area contributed by atoms with E-state index in [0.29, 0.717) is 6.42 Å². The molecule has 0 aromatic heterocycles. The van der Waals surface area contributed by atoms with Crippen LogP contribution in [0.25, 0.3) is 0 Å². The van der Waals surface area contributed by atoms with Gasteiger partial charge in [-0.3, -0.25) is 0 Å². The van der Waals surface area contributed by atoms with Gasteiger partial charge in [0.15, 0.2) is 6.30 Å². The number of fused-ring (bicyclic) bond motifs is 1. The second kappa shape index (κ2) is 7.26. The van der Waals surface area contributed by atoms with Crippen LogP contribution in [0.15, 0.2) is 53.4 Å². The number of hydrogen-bond donors (Lipinski definition) is 0. The van der Waals surface area contributed by atoms with E-state index in [2.05, 4.69) is 6.92 Å². The van der Waals surface area contributed by atoms with Crippen molar-refractivity contribution in [1.82, 2.24) is 4.31 Å². The number of halogens is 1. The Kier molecular flexibility index (Phi) is 5.25. The standard InChI is InChI=1S/C20H24FNO2S/c1-3-4-8-19-18-9-6-5-7-16(18)14-22(20(19)21)25(23,24)17-12-10-15(2)11-13-17/h5-7,9-13,19-20H,3-4,8,14H2,1-2H3. The molecule has 3 nitrogen and oxygen atoms in total. The molecule has 1 aliphatic heterocycles. The molecule has 0 saturated heterocycles. The third kappa shape index (κ3) is 3.48. The number of alkyl halides is 1. The first-order valence-electron chi connectivity index (χ1n) is 8.75. The fraction of sp³-hybridized carbons (Fsp3) is 0.400. The lowest BCUT2D eigenvalue weighted by atomic mass is 9.86. The molecule has 2 atom stereocenters. The highest BCUT2D eigenvalue weighted by atomic mass is 32.2. The van der Waals surface area contributed by atoms with Gasteiger partial charge >= 0.3 is 0 Å². The van der Waals surface area contributed by atoms with Crippen molar-refractivity contribution in [2.75, 3.05) is 0 Å². The molecule has 0 amide bonds. The van der Waals surface area contributed by atoms with Crippen molar-refractivity contribution >= 4 is 10.0 Å². The third-order valence-corrected chi connectivity index (χ3v) is 6.70. The minimum atomic E-state index is -3.87. The van der Waals surface area contributed by atoms with Crippen molar-refractivity contribution in [1.29, 1.82) is 0 Å². The second-order valence-corrected chi connectivity index (χ2v) is 8.57. The van der Waals surface area contributed by atoms with E-state index in [-0.39, 0.29) is 11.4 Å². The number of benzene rings is 2. The van der Waals surface area contributed by atoms with Gasteiger partial charge in [-0.15, -0.1) is 0 Å². The number of nitrogens with zero attached hydrogens (tertiary/aromatic N) is 1. The SMILES string of the molecule is CCCCC1c2ccccc2CN(S(=O)(=O)c2ccc(C)cc2)C1F. The molecule has 134 valence electrons. The number of rotatable bonds is 5. The summed E-state index contributed by atoms with van der Waals surface area (Å²) in [7, 11) is -3.87. The van der Waals surface area contributed by atoms with Crippen LogP contribution in [0.2, 0.25) is 0 Å². The van der Waals surface area contributed by atoms with Crippen LogP contribution in [0.4, 0.5) is 4.39 Å². The zero-order valence-electron chi connectivity index (χ0n) is 14.7. The summed E-state index contributed by atoms with van der Waals surface area (Å²) in [6.45, 7) is 4.03. The summed E-state index contributed by atoms with van der Waals surface area (Å²) in [6.07, 6.45) is 0.940. The summed E-state index contributed by atoms with van der Waals surface area (Å²) in [6, 6.07) is 14.2. The van der Waals surface area contributed by atoms with E-state index in [4.69, 9.17) is 0 Å². The average Bonchev–Trinajstić information content (AvgIpc) is 2.61. The topological polar surface area (TPSA) is 37.4 Å². The Balaban J connectivity index is 2.00. The fourth-order valence-electron chi connectivity index (χ4n) is 3.42. The minimum absolute atomic E-state index is 0.0795. The highest BCUT2D eigenvalue weighted by Crippen LogP contribution is 2.40. The molecule has 0 N–H and O–H groups in total. The van der Waals surface area contributed by atoms with Gasteiger partial charge in [0.25, 0.3) is 0 Å². The van der Waals surface area contributed by atoms with E-state index in [1.807, 2.05) is 31.2 Å². The van der Waals surface area contributed by atoms with Crippen molar-refractivity contribution in [2.45, 2.75) is 56.8 Å². The zero-order valence-corrected chi connectivity index (χ0v) is 15.5. The van der Waals surface area contributed by atoms with Gasteiger partial charge in [0.05, 0.1) is 4.90 Å². The molecule has 1 heterocycles. The largest absolute Gasteiger partial charge is 0.245 e. The van der Waals surface area contributed by atoms with Crippen molar-refractivity contribution in [3.8, 4) is 0 Å². The molecular weight excluding hydrogens is 337 g/mol. The van der Waals surface area contributed by atoms with Gasteiger partial charge in [0.1, 0.15) is 0 Å². The van der Waals surface area contributed by atoms with Crippen molar-refractivity contribution < 1.29 is 12.8 Å². The van der Waals surface area contributed by atoms with Gasteiger partial charge in [-0.2, -0.15) is 4.31 Å². The molecule has 2 aromatic carbocycles. The van der Waals surface area contributed by atoms with Crippen LogP contribution < -0.4 is 0 Å². The van der Waals surface area contributed by atoms with Gasteiger partial charge in [0, 0.05) is 12.5 Å². The molecule has 25 heavy (non-hydrogen) atoms. The summed E-state index contributed by atoms with van der Waals surface area (Å²) < 4.78 is 42.4. The molecule has 0 saturated carbocycles. The molecule has 2 aromatic rings. The van der Waals surface area contributed by atoms with Crippen LogP contribution in [0.3, 0.4) is 0 Å². The van der Waals surface area contributed by atoms with Gasteiger partial charge in [-0.1, -0.05) is 61.7 Å². The maximum absolute atomic E-state index is 15.3. The highest BCUT2D eigenvalue weighted by Gasteiger charge is 2.41. The second-order valence-electron chi connectivity index (χ2n) is 6.68. The lowest BCUT2D eigenvalue weighted by molar-refractivity contribution is 0.108. The maximum atomic E-state index is 15.3. The van der Waals surface area contributed by atoms with E-state index < -0.39 is 22.2 Å².